The van der Waals surface area contributed by atoms with Crippen molar-refractivity contribution in [1.82, 2.24) is 20.4 Å². The van der Waals surface area contributed by atoms with Crippen LogP contribution >= 0.6 is 11.3 Å². The summed E-state index contributed by atoms with van der Waals surface area (Å²) in [6.45, 7) is 0.789. The van der Waals surface area contributed by atoms with E-state index >= 15 is 0 Å². The highest BCUT2D eigenvalue weighted by Crippen LogP contribution is 2.31. The molecule has 3 aliphatic heterocycles. The molecule has 4 fully saturated rings. The predicted octanol–water partition coefficient (Wildman–Crippen LogP) is 0.276. The van der Waals surface area contributed by atoms with Crippen LogP contribution in [0.3, 0.4) is 0 Å². The first kappa shape index (κ1) is 19.5. The number of rotatable bonds is 4. The average Bonchev–Trinajstić information content (AvgIpc) is 3.38. The van der Waals surface area contributed by atoms with Gasteiger partial charge in [-0.05, 0) is 37.1 Å². The number of hydrogen-bond acceptors (Lipinski definition) is 5. The smallest absolute Gasteiger partial charge is 0.248 e. The van der Waals surface area contributed by atoms with Crippen molar-refractivity contribution in [2.24, 2.45) is 5.92 Å². The molecule has 0 radical (unpaired) electrons. The molecule has 3 saturated heterocycles. The van der Waals surface area contributed by atoms with Crippen molar-refractivity contribution in [1.29, 1.82) is 0 Å². The molecule has 4 aliphatic rings. The van der Waals surface area contributed by atoms with E-state index in [-0.39, 0.29) is 48.1 Å². The topological polar surface area (TPSA) is 98.8 Å². The van der Waals surface area contributed by atoms with E-state index in [9.17, 15) is 19.2 Å². The van der Waals surface area contributed by atoms with E-state index in [4.69, 9.17) is 0 Å². The summed E-state index contributed by atoms with van der Waals surface area (Å²) in [5.74, 6) is -0.340. The minimum Gasteiger partial charge on any atom is -0.351 e. The Balaban J connectivity index is 1.30. The first-order chi connectivity index (χ1) is 14.5. The van der Waals surface area contributed by atoms with E-state index in [0.29, 0.717) is 25.9 Å². The maximum atomic E-state index is 13.4. The van der Waals surface area contributed by atoms with Gasteiger partial charge in [0.1, 0.15) is 12.1 Å². The summed E-state index contributed by atoms with van der Waals surface area (Å²) >= 11 is 1.52. The van der Waals surface area contributed by atoms with Gasteiger partial charge in [-0.2, -0.15) is 0 Å². The maximum absolute atomic E-state index is 13.4. The normalized spacial score (nSPS) is 30.9. The summed E-state index contributed by atoms with van der Waals surface area (Å²) in [7, 11) is 0. The molecular weight excluding hydrogens is 404 g/mol. The zero-order valence-corrected chi connectivity index (χ0v) is 17.5. The Labute approximate surface area is 179 Å². The van der Waals surface area contributed by atoms with Crippen molar-refractivity contribution < 1.29 is 19.2 Å². The molecule has 0 bridgehead atoms. The Hall–Kier alpha value is -2.42. The van der Waals surface area contributed by atoms with Gasteiger partial charge >= 0.3 is 0 Å². The lowest BCUT2D eigenvalue weighted by molar-refractivity contribution is -0.144. The van der Waals surface area contributed by atoms with Crippen LogP contribution in [0.4, 0.5) is 0 Å². The largest absolute Gasteiger partial charge is 0.351 e. The minimum atomic E-state index is -0.660. The molecule has 1 aromatic rings. The summed E-state index contributed by atoms with van der Waals surface area (Å²) in [6, 6.07) is 2.02. The zero-order chi connectivity index (χ0) is 20.8. The lowest BCUT2D eigenvalue weighted by Gasteiger charge is -2.29. The molecule has 4 unspecified atom stereocenters. The molecular formula is C21H26N4O4S. The van der Waals surface area contributed by atoms with Crippen LogP contribution in [0.5, 0.6) is 0 Å². The quantitative estimate of drug-likeness (QED) is 0.717. The third-order valence-corrected chi connectivity index (χ3v) is 7.79. The van der Waals surface area contributed by atoms with Crippen LogP contribution in [0.2, 0.25) is 0 Å². The van der Waals surface area contributed by atoms with Crippen molar-refractivity contribution >= 4 is 35.0 Å². The van der Waals surface area contributed by atoms with Crippen LogP contribution < -0.4 is 10.6 Å². The number of thiophene rings is 1. The Bertz CT molecular complexity index is 868. The molecule has 0 spiro atoms. The molecule has 2 N–H and O–H groups in total. The predicted molar refractivity (Wildman–Crippen MR) is 109 cm³/mol. The molecule has 4 atom stereocenters. The summed E-state index contributed by atoms with van der Waals surface area (Å²) in [4.78, 5) is 55.7. The average molecular weight is 431 g/mol. The van der Waals surface area contributed by atoms with Crippen molar-refractivity contribution in [3.63, 3.8) is 0 Å². The monoisotopic (exact) mass is 430 g/mol. The van der Waals surface area contributed by atoms with Crippen LogP contribution in [0.1, 0.15) is 37.0 Å². The first-order valence-corrected chi connectivity index (χ1v) is 11.6. The minimum absolute atomic E-state index is 0.0308. The van der Waals surface area contributed by atoms with Gasteiger partial charge in [-0.1, -0.05) is 12.5 Å². The fraction of sp³-hybridized carbons (Fsp3) is 0.619. The molecule has 8 nitrogen and oxygen atoms in total. The highest BCUT2D eigenvalue weighted by Gasteiger charge is 2.52. The molecule has 160 valence electrons. The van der Waals surface area contributed by atoms with Crippen LogP contribution in [0.25, 0.3) is 0 Å². The van der Waals surface area contributed by atoms with Crippen LogP contribution in [0.15, 0.2) is 17.5 Å². The molecule has 30 heavy (non-hydrogen) atoms. The van der Waals surface area contributed by atoms with Gasteiger partial charge < -0.3 is 20.4 Å². The van der Waals surface area contributed by atoms with Crippen LogP contribution in [0, 0.1) is 5.92 Å². The van der Waals surface area contributed by atoms with E-state index in [2.05, 4.69) is 10.6 Å². The number of likely N-dealkylation sites (tertiary alicyclic amines) is 1. The summed E-state index contributed by atoms with van der Waals surface area (Å²) in [6.07, 6.45) is 4.19. The number of nitrogens with zero attached hydrogens (tertiary/aromatic N) is 2. The van der Waals surface area contributed by atoms with Crippen LogP contribution in [-0.4, -0.2) is 70.7 Å². The van der Waals surface area contributed by atoms with Gasteiger partial charge in [0, 0.05) is 29.9 Å². The molecule has 9 heteroatoms. The summed E-state index contributed by atoms with van der Waals surface area (Å²) < 4.78 is 0. The van der Waals surface area contributed by atoms with E-state index in [1.54, 1.807) is 9.80 Å². The highest BCUT2D eigenvalue weighted by molar-refractivity contribution is 7.10. The SMILES string of the molecule is O=C(NC1CC2C(=O)NC3CCN(C(=O)Cc4cccs4)C3C(=O)N2C1)C1CCC1. The van der Waals surface area contributed by atoms with Crippen molar-refractivity contribution in [2.75, 3.05) is 13.1 Å². The van der Waals surface area contributed by atoms with Crippen molar-refractivity contribution in [3.8, 4) is 0 Å². The maximum Gasteiger partial charge on any atom is 0.248 e. The Kier molecular flexibility index (Phi) is 5.00. The fourth-order valence-corrected chi connectivity index (χ4v) is 5.76. The Morgan fingerprint density at radius 3 is 2.77 bits per heavy atom. The lowest BCUT2D eigenvalue weighted by atomic mass is 9.84. The molecule has 0 aromatic carbocycles. The van der Waals surface area contributed by atoms with Crippen molar-refractivity contribution in [2.45, 2.75) is 62.7 Å². The molecule has 4 heterocycles. The number of carbonyl (C=O) groups is 4. The third kappa shape index (κ3) is 3.38. The Morgan fingerprint density at radius 1 is 1.23 bits per heavy atom. The van der Waals surface area contributed by atoms with Crippen LogP contribution in [-0.2, 0) is 25.6 Å². The van der Waals surface area contributed by atoms with E-state index in [1.807, 2.05) is 17.5 Å². The molecule has 1 saturated carbocycles. The van der Waals surface area contributed by atoms with Gasteiger partial charge in [-0.3, -0.25) is 19.2 Å². The highest BCUT2D eigenvalue weighted by atomic mass is 32.1. The van der Waals surface area contributed by atoms with Gasteiger partial charge in [0.2, 0.25) is 23.6 Å². The molecule has 1 aliphatic carbocycles. The molecule has 4 amide bonds. The van der Waals surface area contributed by atoms with E-state index in [1.165, 1.54) is 11.3 Å². The van der Waals surface area contributed by atoms with Gasteiger partial charge in [0.25, 0.3) is 0 Å². The van der Waals surface area contributed by atoms with E-state index < -0.39 is 12.1 Å². The standard InChI is InChI=1S/C21H26N4O4S/c26-17(10-14-5-2-8-30-14)24-7-6-15-18(24)21(29)25-11-13(9-16(25)20(28)23-15)22-19(27)12-3-1-4-12/h2,5,8,12-13,15-16,18H,1,3-4,6-7,9-11H2,(H,22,27)(H,23,28). The second kappa shape index (κ2) is 7.68. The first-order valence-electron chi connectivity index (χ1n) is 10.7. The fourth-order valence-electron chi connectivity index (χ4n) is 5.06. The number of fused-ring (bicyclic) bond motifs is 2. The molecule has 1 aromatic heterocycles. The number of nitrogens with one attached hydrogen (secondary N) is 2. The molecule has 5 rings (SSSR count). The number of hydrogen-bond donors (Lipinski definition) is 2. The van der Waals surface area contributed by atoms with Gasteiger partial charge in [0.15, 0.2) is 0 Å². The van der Waals surface area contributed by atoms with Gasteiger partial charge in [-0.25, -0.2) is 0 Å². The second-order valence-electron chi connectivity index (χ2n) is 8.77. The second-order valence-corrected chi connectivity index (χ2v) is 9.80. The summed E-state index contributed by atoms with van der Waals surface area (Å²) in [5.41, 5.74) is 0. The van der Waals surface area contributed by atoms with Crippen molar-refractivity contribution in [3.05, 3.63) is 22.4 Å². The Morgan fingerprint density at radius 2 is 2.07 bits per heavy atom. The van der Waals surface area contributed by atoms with Gasteiger partial charge in [-0.15, -0.1) is 11.3 Å². The van der Waals surface area contributed by atoms with E-state index in [0.717, 1.165) is 24.1 Å². The number of carbonyl (C=O) groups excluding carboxylic acids is 4. The lowest BCUT2D eigenvalue weighted by Crippen LogP contribution is -2.53. The third-order valence-electron chi connectivity index (χ3n) is 6.91. The summed E-state index contributed by atoms with van der Waals surface area (Å²) in [5, 5.41) is 7.96. The number of amides is 4. The van der Waals surface area contributed by atoms with Gasteiger partial charge in [0.05, 0.1) is 12.5 Å². The zero-order valence-electron chi connectivity index (χ0n) is 16.7.